The lowest BCUT2D eigenvalue weighted by molar-refractivity contribution is -0.111. The van der Waals surface area contributed by atoms with Crippen molar-refractivity contribution in [3.05, 3.63) is 65.2 Å². The highest BCUT2D eigenvalue weighted by atomic mass is 19.1. The molecule has 0 aliphatic rings. The van der Waals surface area contributed by atoms with Crippen molar-refractivity contribution in [2.75, 3.05) is 7.11 Å². The molecule has 4 heteroatoms. The number of hydrogen-bond acceptors (Lipinski definition) is 1. The average Bonchev–Trinajstić information content (AvgIpc) is 2.38. The van der Waals surface area contributed by atoms with Gasteiger partial charge in [-0.1, -0.05) is 0 Å². The third-order valence-electron chi connectivity index (χ3n) is 2.62. The second-order valence-electron chi connectivity index (χ2n) is 3.77. The first kappa shape index (κ1) is 12.2. The van der Waals surface area contributed by atoms with Gasteiger partial charge < -0.3 is 4.74 Å². The monoisotopic (exact) mass is 248 g/mol. The Hall–Kier alpha value is -2.23. The fourth-order valence-electron chi connectivity index (χ4n) is 1.63. The zero-order valence-corrected chi connectivity index (χ0v) is 9.78. The molecule has 2 aromatic rings. The van der Waals surface area contributed by atoms with E-state index in [1.807, 2.05) is 0 Å². The minimum absolute atomic E-state index is 0.182. The Bertz CT molecular complexity index is 579. The summed E-state index contributed by atoms with van der Waals surface area (Å²) >= 11 is 0. The van der Waals surface area contributed by atoms with Crippen LogP contribution in [0.5, 0.6) is 5.75 Å². The number of benzene rings is 2. The molecule has 0 heterocycles. The van der Waals surface area contributed by atoms with Crippen molar-refractivity contribution < 1.29 is 18.9 Å². The molecule has 0 aliphatic heterocycles. The molecule has 0 amide bonds. The van der Waals surface area contributed by atoms with Gasteiger partial charge in [-0.3, -0.25) is 5.41 Å². The first-order chi connectivity index (χ1) is 8.61. The van der Waals surface area contributed by atoms with Crippen LogP contribution in [0.2, 0.25) is 0 Å². The molecule has 2 rings (SSSR count). The lowest BCUT2D eigenvalue weighted by Gasteiger charge is -2.03. The molecule has 0 atom stereocenters. The minimum atomic E-state index is -0.677. The fourth-order valence-corrected chi connectivity index (χ4v) is 1.63. The Labute approximate surface area is 103 Å². The van der Waals surface area contributed by atoms with E-state index in [-0.39, 0.29) is 11.3 Å². The standard InChI is InChI=1S/C14H11F2NO/c1-18-11-5-2-9(3-6-11)14(17)12-7-4-10(15)8-13(12)16/h2-8,17H,1H3/p+1. The normalized spacial score (nSPS) is 10.2. The predicted octanol–water partition coefficient (Wildman–Crippen LogP) is 1.57. The molecular weight excluding hydrogens is 236 g/mol. The van der Waals surface area contributed by atoms with Gasteiger partial charge in [0.15, 0.2) is 0 Å². The Kier molecular flexibility index (Phi) is 3.37. The van der Waals surface area contributed by atoms with Crippen LogP contribution in [0.25, 0.3) is 0 Å². The molecule has 0 spiro atoms. The van der Waals surface area contributed by atoms with Crippen molar-refractivity contribution in [1.29, 1.82) is 0 Å². The first-order valence-electron chi connectivity index (χ1n) is 5.34. The van der Waals surface area contributed by atoms with E-state index < -0.39 is 11.6 Å². The van der Waals surface area contributed by atoms with Crippen molar-refractivity contribution in [2.24, 2.45) is 0 Å². The van der Waals surface area contributed by atoms with Gasteiger partial charge in [-0.05, 0) is 36.4 Å². The highest BCUT2D eigenvalue weighted by Crippen LogP contribution is 2.16. The molecule has 2 aromatic carbocycles. The topological polar surface area (TPSA) is 34.8 Å². The molecule has 2 N–H and O–H groups in total. The summed E-state index contributed by atoms with van der Waals surface area (Å²) in [6, 6.07) is 10.2. The molecule has 2 nitrogen and oxygen atoms in total. The number of hydrogen-bond donors (Lipinski definition) is 1. The van der Waals surface area contributed by atoms with Gasteiger partial charge in [0, 0.05) is 11.6 Å². The quantitative estimate of drug-likeness (QED) is 0.822. The number of ether oxygens (including phenoxy) is 1. The Morgan fingerprint density at radius 1 is 1.06 bits per heavy atom. The van der Waals surface area contributed by atoms with Crippen LogP contribution in [0.15, 0.2) is 42.5 Å². The molecule has 0 bridgehead atoms. The second kappa shape index (κ2) is 4.96. The van der Waals surface area contributed by atoms with Gasteiger partial charge in [0.25, 0.3) is 0 Å². The molecular formula is C14H12F2NO+. The van der Waals surface area contributed by atoms with Crippen LogP contribution in [0.1, 0.15) is 11.1 Å². The van der Waals surface area contributed by atoms with Crippen LogP contribution < -0.4 is 10.1 Å². The zero-order valence-electron chi connectivity index (χ0n) is 9.78. The Balaban J connectivity index is 2.35. The van der Waals surface area contributed by atoms with E-state index >= 15 is 0 Å². The summed E-state index contributed by atoms with van der Waals surface area (Å²) in [5.41, 5.74) is 1.10. The van der Waals surface area contributed by atoms with Gasteiger partial charge >= 0.3 is 0 Å². The molecule has 92 valence electrons. The molecule has 18 heavy (non-hydrogen) atoms. The van der Waals surface area contributed by atoms with Crippen molar-refractivity contribution in [3.8, 4) is 5.75 Å². The SMILES string of the molecule is COc1ccc(C(=[NH2+])c2ccc(F)cc2F)cc1. The Morgan fingerprint density at radius 3 is 2.28 bits per heavy atom. The summed E-state index contributed by atoms with van der Waals surface area (Å²) in [4.78, 5) is 0. The maximum absolute atomic E-state index is 13.6. The fraction of sp³-hybridized carbons (Fsp3) is 0.0714. The van der Waals surface area contributed by atoms with Crippen LogP contribution in [-0.2, 0) is 0 Å². The van der Waals surface area contributed by atoms with E-state index in [9.17, 15) is 8.78 Å². The number of rotatable bonds is 3. The number of halogens is 2. The lowest BCUT2D eigenvalue weighted by Crippen LogP contribution is -2.41. The smallest absolute Gasteiger partial charge is 0.214 e. The van der Waals surface area contributed by atoms with Gasteiger partial charge in [0.05, 0.1) is 12.7 Å². The summed E-state index contributed by atoms with van der Waals surface area (Å²) < 4.78 is 31.4. The van der Waals surface area contributed by atoms with Crippen molar-refractivity contribution in [1.82, 2.24) is 0 Å². The molecule has 0 saturated heterocycles. The van der Waals surface area contributed by atoms with E-state index in [0.717, 1.165) is 6.07 Å². The molecule has 0 aromatic heterocycles. The number of nitrogens with two attached hydrogens (primary N) is 1. The maximum Gasteiger partial charge on any atom is 0.214 e. The van der Waals surface area contributed by atoms with Crippen molar-refractivity contribution in [3.63, 3.8) is 0 Å². The lowest BCUT2D eigenvalue weighted by atomic mass is 10.0. The van der Waals surface area contributed by atoms with Crippen LogP contribution in [-0.4, -0.2) is 12.8 Å². The third kappa shape index (κ3) is 2.37. The van der Waals surface area contributed by atoms with Gasteiger partial charge in [0.1, 0.15) is 17.4 Å². The minimum Gasteiger partial charge on any atom is -0.497 e. The van der Waals surface area contributed by atoms with Crippen LogP contribution in [0, 0.1) is 11.6 Å². The van der Waals surface area contributed by atoms with Crippen LogP contribution >= 0.6 is 0 Å². The summed E-state index contributed by atoms with van der Waals surface area (Å²) in [6.45, 7) is 0. The van der Waals surface area contributed by atoms with E-state index in [4.69, 9.17) is 10.1 Å². The van der Waals surface area contributed by atoms with E-state index in [0.29, 0.717) is 11.3 Å². The molecule has 0 saturated carbocycles. The Morgan fingerprint density at radius 2 is 1.72 bits per heavy atom. The molecule has 0 aliphatic carbocycles. The number of methoxy groups -OCH3 is 1. The van der Waals surface area contributed by atoms with E-state index in [1.54, 1.807) is 31.4 Å². The first-order valence-corrected chi connectivity index (χ1v) is 5.34. The van der Waals surface area contributed by atoms with Crippen molar-refractivity contribution in [2.45, 2.75) is 0 Å². The molecule has 0 fully saturated rings. The second-order valence-corrected chi connectivity index (χ2v) is 3.77. The van der Waals surface area contributed by atoms with Gasteiger partial charge in [-0.15, -0.1) is 0 Å². The van der Waals surface area contributed by atoms with Crippen LogP contribution in [0.3, 0.4) is 0 Å². The van der Waals surface area contributed by atoms with Gasteiger partial charge in [-0.25, -0.2) is 8.78 Å². The van der Waals surface area contributed by atoms with Crippen LogP contribution in [0.4, 0.5) is 8.78 Å². The van der Waals surface area contributed by atoms with Gasteiger partial charge in [0.2, 0.25) is 5.71 Å². The van der Waals surface area contributed by atoms with Crippen molar-refractivity contribution >= 4 is 5.71 Å². The third-order valence-corrected chi connectivity index (χ3v) is 2.62. The summed E-state index contributed by atoms with van der Waals surface area (Å²) in [6.07, 6.45) is 0. The predicted molar refractivity (Wildman–Crippen MR) is 64.5 cm³/mol. The largest absolute Gasteiger partial charge is 0.497 e. The highest BCUT2D eigenvalue weighted by molar-refractivity contribution is 6.09. The average molecular weight is 248 g/mol. The summed E-state index contributed by atoms with van der Waals surface area (Å²) in [5.74, 6) is -0.617. The zero-order chi connectivity index (χ0) is 13.1. The summed E-state index contributed by atoms with van der Waals surface area (Å²) in [7, 11) is 1.56. The van der Waals surface area contributed by atoms with Gasteiger partial charge in [-0.2, -0.15) is 0 Å². The molecule has 0 radical (unpaired) electrons. The molecule has 0 unspecified atom stereocenters. The van der Waals surface area contributed by atoms with E-state index in [2.05, 4.69) is 0 Å². The summed E-state index contributed by atoms with van der Waals surface area (Å²) in [5, 5.41) is 5.87. The van der Waals surface area contributed by atoms with E-state index in [1.165, 1.54) is 12.1 Å². The maximum atomic E-state index is 13.6. The highest BCUT2D eigenvalue weighted by Gasteiger charge is 2.15.